The van der Waals surface area contributed by atoms with Gasteiger partial charge in [0.05, 0.1) is 11.4 Å². The zero-order valence-electron chi connectivity index (χ0n) is 12.9. The number of rotatable bonds is 6. The van der Waals surface area contributed by atoms with Crippen LogP contribution in [-0.2, 0) is 6.42 Å². The Morgan fingerprint density at radius 1 is 1.10 bits per heavy atom. The summed E-state index contributed by atoms with van der Waals surface area (Å²) in [5, 5.41) is 3.63. The van der Waals surface area contributed by atoms with Crippen LogP contribution in [0.2, 0.25) is 0 Å². The van der Waals surface area contributed by atoms with Crippen molar-refractivity contribution in [3.63, 3.8) is 0 Å². The Bertz CT molecular complexity index is 567. The highest BCUT2D eigenvalue weighted by atomic mass is 79.9. The molecule has 2 nitrogen and oxygen atoms in total. The number of aryl methyl sites for hydroxylation is 1. The molecule has 0 heterocycles. The van der Waals surface area contributed by atoms with Crippen molar-refractivity contribution >= 4 is 27.3 Å². The molecule has 0 spiro atoms. The van der Waals surface area contributed by atoms with Crippen LogP contribution in [0.4, 0.5) is 11.4 Å². The molecule has 1 N–H and O–H groups in total. The molecule has 0 aliphatic rings. The maximum absolute atomic E-state index is 3.63. The van der Waals surface area contributed by atoms with Crippen LogP contribution in [0.5, 0.6) is 0 Å². The fourth-order valence-electron chi connectivity index (χ4n) is 2.38. The third-order valence-electron chi connectivity index (χ3n) is 3.55. The van der Waals surface area contributed by atoms with Crippen molar-refractivity contribution in [3.05, 3.63) is 58.6 Å². The highest BCUT2D eigenvalue weighted by Crippen LogP contribution is 2.29. The van der Waals surface area contributed by atoms with Crippen LogP contribution in [-0.4, -0.2) is 20.1 Å². The Balaban J connectivity index is 1.99. The summed E-state index contributed by atoms with van der Waals surface area (Å²) in [6, 6.07) is 17.4. The normalized spacial score (nSPS) is 12.0. The van der Waals surface area contributed by atoms with Crippen molar-refractivity contribution in [3.8, 4) is 0 Å². The lowest BCUT2D eigenvalue weighted by molar-refractivity contribution is 0.706. The third-order valence-corrected chi connectivity index (χ3v) is 4.04. The molecular weight excluding hydrogens is 324 g/mol. The lowest BCUT2D eigenvalue weighted by Crippen LogP contribution is -2.19. The minimum absolute atomic E-state index is 0.429. The molecule has 3 heteroatoms. The molecule has 2 rings (SSSR count). The van der Waals surface area contributed by atoms with Crippen molar-refractivity contribution < 1.29 is 0 Å². The third kappa shape index (κ3) is 4.78. The molecule has 0 saturated heterocycles. The highest BCUT2D eigenvalue weighted by Gasteiger charge is 2.09. The van der Waals surface area contributed by atoms with E-state index in [1.807, 2.05) is 0 Å². The van der Waals surface area contributed by atoms with Crippen molar-refractivity contribution in [2.45, 2.75) is 25.8 Å². The Hall–Kier alpha value is -1.48. The Kier molecular flexibility index (Phi) is 5.68. The van der Waals surface area contributed by atoms with Crippen molar-refractivity contribution in [1.29, 1.82) is 0 Å². The highest BCUT2D eigenvalue weighted by molar-refractivity contribution is 9.10. The van der Waals surface area contributed by atoms with Gasteiger partial charge in [0.25, 0.3) is 0 Å². The molecule has 1 unspecified atom stereocenters. The second kappa shape index (κ2) is 7.51. The molecular formula is C18H23BrN2. The fourth-order valence-corrected chi connectivity index (χ4v) is 2.74. The molecule has 112 valence electrons. The molecule has 0 amide bonds. The summed E-state index contributed by atoms with van der Waals surface area (Å²) in [5.74, 6) is 0. The van der Waals surface area contributed by atoms with E-state index in [9.17, 15) is 0 Å². The molecule has 2 aromatic rings. The van der Waals surface area contributed by atoms with Gasteiger partial charge in [0, 0.05) is 24.6 Å². The minimum Gasteiger partial charge on any atom is -0.381 e. The standard InChI is InChI=1S/C18H23BrN2/c1-14(9-10-15-7-5-4-6-8-15)20-17-13-16(19)11-12-18(17)21(2)3/h4-8,11-14,20H,9-10H2,1-3H3. The molecule has 1 atom stereocenters. The van der Waals surface area contributed by atoms with Crippen LogP contribution in [0.1, 0.15) is 18.9 Å². The summed E-state index contributed by atoms with van der Waals surface area (Å²) in [5.41, 5.74) is 3.79. The molecule has 0 bridgehead atoms. The Morgan fingerprint density at radius 2 is 1.81 bits per heavy atom. The summed E-state index contributed by atoms with van der Waals surface area (Å²) in [4.78, 5) is 2.14. The van der Waals surface area contributed by atoms with Gasteiger partial charge in [0.15, 0.2) is 0 Å². The monoisotopic (exact) mass is 346 g/mol. The molecule has 0 radical (unpaired) electrons. The van der Waals surface area contributed by atoms with E-state index in [1.165, 1.54) is 16.9 Å². The van der Waals surface area contributed by atoms with Crippen molar-refractivity contribution in [2.24, 2.45) is 0 Å². The Morgan fingerprint density at radius 3 is 2.48 bits per heavy atom. The van der Waals surface area contributed by atoms with Gasteiger partial charge in [-0.25, -0.2) is 0 Å². The van der Waals surface area contributed by atoms with E-state index in [4.69, 9.17) is 0 Å². The first-order chi connectivity index (χ1) is 10.1. The molecule has 0 aliphatic carbocycles. The number of nitrogens with zero attached hydrogens (tertiary/aromatic N) is 1. The summed E-state index contributed by atoms with van der Waals surface area (Å²) in [6.45, 7) is 2.24. The van der Waals surface area contributed by atoms with Crippen LogP contribution in [0.25, 0.3) is 0 Å². The van der Waals surface area contributed by atoms with Gasteiger partial charge in [0.2, 0.25) is 0 Å². The van der Waals surface area contributed by atoms with Gasteiger partial charge in [-0.15, -0.1) is 0 Å². The van der Waals surface area contributed by atoms with Crippen LogP contribution in [0.3, 0.4) is 0 Å². The average molecular weight is 347 g/mol. The summed E-state index contributed by atoms with van der Waals surface area (Å²) in [7, 11) is 4.14. The molecule has 0 saturated carbocycles. The number of benzene rings is 2. The van der Waals surface area contributed by atoms with Crippen LogP contribution in [0, 0.1) is 0 Å². The Labute approximate surface area is 136 Å². The second-order valence-electron chi connectivity index (χ2n) is 5.63. The average Bonchev–Trinajstić information content (AvgIpc) is 2.46. The van der Waals surface area contributed by atoms with E-state index < -0.39 is 0 Å². The predicted octanol–water partition coefficient (Wildman–Crippen LogP) is 4.95. The second-order valence-corrected chi connectivity index (χ2v) is 6.54. The van der Waals surface area contributed by atoms with Crippen LogP contribution >= 0.6 is 15.9 Å². The van der Waals surface area contributed by atoms with Gasteiger partial charge in [0.1, 0.15) is 0 Å². The van der Waals surface area contributed by atoms with E-state index in [0.717, 1.165) is 17.3 Å². The van der Waals surface area contributed by atoms with Gasteiger partial charge < -0.3 is 10.2 Å². The maximum Gasteiger partial charge on any atom is 0.0597 e. The largest absolute Gasteiger partial charge is 0.381 e. The first-order valence-electron chi connectivity index (χ1n) is 7.33. The van der Waals surface area contributed by atoms with Crippen LogP contribution < -0.4 is 10.2 Å². The zero-order chi connectivity index (χ0) is 15.2. The van der Waals surface area contributed by atoms with Crippen molar-refractivity contribution in [1.82, 2.24) is 0 Å². The molecule has 0 aromatic heterocycles. The van der Waals surface area contributed by atoms with Gasteiger partial charge in [-0.2, -0.15) is 0 Å². The van der Waals surface area contributed by atoms with E-state index in [2.05, 4.69) is 95.7 Å². The number of anilines is 2. The molecule has 0 aliphatic heterocycles. The van der Waals surface area contributed by atoms with E-state index >= 15 is 0 Å². The summed E-state index contributed by atoms with van der Waals surface area (Å²) >= 11 is 3.55. The maximum atomic E-state index is 3.63. The molecule has 0 fully saturated rings. The zero-order valence-corrected chi connectivity index (χ0v) is 14.5. The van der Waals surface area contributed by atoms with Crippen LogP contribution in [0.15, 0.2) is 53.0 Å². The SMILES string of the molecule is CC(CCc1ccccc1)Nc1cc(Br)ccc1N(C)C. The number of hydrogen-bond donors (Lipinski definition) is 1. The van der Waals surface area contributed by atoms with Gasteiger partial charge in [-0.1, -0.05) is 46.3 Å². The van der Waals surface area contributed by atoms with Crippen molar-refractivity contribution in [2.75, 3.05) is 24.3 Å². The fraction of sp³-hybridized carbons (Fsp3) is 0.333. The van der Waals surface area contributed by atoms with Gasteiger partial charge >= 0.3 is 0 Å². The first kappa shape index (κ1) is 15.9. The minimum atomic E-state index is 0.429. The van der Waals surface area contributed by atoms with Gasteiger partial charge in [-0.05, 0) is 43.5 Å². The summed E-state index contributed by atoms with van der Waals surface area (Å²) < 4.78 is 1.10. The van der Waals surface area contributed by atoms with E-state index in [1.54, 1.807) is 0 Å². The number of halogens is 1. The lowest BCUT2D eigenvalue weighted by atomic mass is 10.1. The molecule has 21 heavy (non-hydrogen) atoms. The van der Waals surface area contributed by atoms with E-state index in [-0.39, 0.29) is 0 Å². The number of nitrogens with one attached hydrogen (secondary N) is 1. The molecule has 2 aromatic carbocycles. The quantitative estimate of drug-likeness (QED) is 0.796. The topological polar surface area (TPSA) is 15.3 Å². The predicted molar refractivity (Wildman–Crippen MR) is 96.3 cm³/mol. The first-order valence-corrected chi connectivity index (χ1v) is 8.13. The lowest BCUT2D eigenvalue weighted by Gasteiger charge is -2.22. The van der Waals surface area contributed by atoms with Gasteiger partial charge in [-0.3, -0.25) is 0 Å². The summed E-state index contributed by atoms with van der Waals surface area (Å²) in [6.07, 6.45) is 2.21. The number of hydrogen-bond acceptors (Lipinski definition) is 2. The van der Waals surface area contributed by atoms with E-state index in [0.29, 0.717) is 6.04 Å². The smallest absolute Gasteiger partial charge is 0.0597 e.